The van der Waals surface area contributed by atoms with Gasteiger partial charge in [0.2, 0.25) is 0 Å². The monoisotopic (exact) mass is 292 g/mol. The zero-order chi connectivity index (χ0) is 13.7. The second kappa shape index (κ2) is 6.34. The molecule has 0 fully saturated rings. The Hall–Kier alpha value is -1.87. The number of hydrogen-bond donors (Lipinski definition) is 2. The van der Waals surface area contributed by atoms with Gasteiger partial charge in [-0.3, -0.25) is 4.79 Å². The lowest BCUT2D eigenvalue weighted by molar-refractivity contribution is 0.103. The summed E-state index contributed by atoms with van der Waals surface area (Å²) in [5.74, 6) is 5.35. The minimum Gasteiger partial charge on any atom is -0.384 e. The zero-order valence-corrected chi connectivity index (χ0v) is 11.3. The standard InChI is InChI=1S/C13H9ClN2O2S/c14-10-4-7-19-12(10)13(18)16-11-8-9(2-1-6-17)3-5-15-11/h3-5,7-8,17H,6H2,(H,15,16,18). The second-order valence-corrected chi connectivity index (χ2v) is 4.76. The number of aliphatic hydroxyl groups is 1. The van der Waals surface area contributed by atoms with Crippen molar-refractivity contribution in [2.75, 3.05) is 11.9 Å². The Bertz CT molecular complexity index is 658. The highest BCUT2D eigenvalue weighted by Gasteiger charge is 2.12. The highest BCUT2D eigenvalue weighted by molar-refractivity contribution is 7.12. The van der Waals surface area contributed by atoms with Crippen molar-refractivity contribution in [1.29, 1.82) is 0 Å². The Morgan fingerprint density at radius 1 is 1.53 bits per heavy atom. The van der Waals surface area contributed by atoms with Gasteiger partial charge in [-0.2, -0.15) is 0 Å². The fourth-order valence-electron chi connectivity index (χ4n) is 1.35. The van der Waals surface area contributed by atoms with Crippen LogP contribution in [0.2, 0.25) is 5.02 Å². The van der Waals surface area contributed by atoms with E-state index in [1.54, 1.807) is 23.6 Å². The van der Waals surface area contributed by atoms with E-state index in [0.717, 1.165) is 0 Å². The van der Waals surface area contributed by atoms with Crippen LogP contribution in [0.3, 0.4) is 0 Å². The first-order chi connectivity index (χ1) is 9.20. The van der Waals surface area contributed by atoms with Crippen molar-refractivity contribution in [3.8, 4) is 11.8 Å². The number of amides is 1. The summed E-state index contributed by atoms with van der Waals surface area (Å²) in [4.78, 5) is 16.4. The molecule has 2 rings (SSSR count). The van der Waals surface area contributed by atoms with Crippen LogP contribution in [-0.4, -0.2) is 22.6 Å². The molecule has 2 aromatic rings. The Labute approximate surface area is 119 Å². The first-order valence-electron chi connectivity index (χ1n) is 5.31. The van der Waals surface area contributed by atoms with Crippen LogP contribution in [0, 0.1) is 11.8 Å². The van der Waals surface area contributed by atoms with Gasteiger partial charge in [0.1, 0.15) is 17.3 Å². The lowest BCUT2D eigenvalue weighted by Crippen LogP contribution is -2.11. The zero-order valence-electron chi connectivity index (χ0n) is 9.68. The van der Waals surface area contributed by atoms with Crippen LogP contribution in [-0.2, 0) is 0 Å². The Morgan fingerprint density at radius 2 is 2.37 bits per heavy atom. The van der Waals surface area contributed by atoms with Gasteiger partial charge in [-0.15, -0.1) is 11.3 Å². The van der Waals surface area contributed by atoms with Crippen LogP contribution in [0.4, 0.5) is 5.82 Å². The molecule has 1 amide bonds. The van der Waals surface area contributed by atoms with E-state index in [1.807, 2.05) is 0 Å². The number of carbonyl (C=O) groups is 1. The average Bonchev–Trinajstić information content (AvgIpc) is 2.83. The number of anilines is 1. The maximum atomic E-state index is 11.9. The van der Waals surface area contributed by atoms with Crippen molar-refractivity contribution >= 4 is 34.7 Å². The van der Waals surface area contributed by atoms with Crippen LogP contribution in [0.15, 0.2) is 29.8 Å². The summed E-state index contributed by atoms with van der Waals surface area (Å²) < 4.78 is 0. The molecule has 0 aliphatic heterocycles. The molecule has 0 radical (unpaired) electrons. The molecule has 2 aromatic heterocycles. The molecule has 19 heavy (non-hydrogen) atoms. The van der Waals surface area contributed by atoms with Crippen molar-refractivity contribution in [3.05, 3.63) is 45.2 Å². The fraction of sp³-hybridized carbons (Fsp3) is 0.0769. The third-order valence-electron chi connectivity index (χ3n) is 2.14. The summed E-state index contributed by atoms with van der Waals surface area (Å²) in [5.41, 5.74) is 0.664. The predicted octanol–water partition coefficient (Wildman–Crippen LogP) is 2.39. The maximum Gasteiger partial charge on any atom is 0.268 e. The Balaban J connectivity index is 2.15. The third kappa shape index (κ3) is 3.55. The van der Waals surface area contributed by atoms with E-state index in [2.05, 4.69) is 22.1 Å². The molecule has 96 valence electrons. The van der Waals surface area contributed by atoms with Gasteiger partial charge in [0, 0.05) is 11.8 Å². The van der Waals surface area contributed by atoms with Gasteiger partial charge in [0.15, 0.2) is 0 Å². The third-order valence-corrected chi connectivity index (χ3v) is 3.48. The fourth-order valence-corrected chi connectivity index (χ4v) is 2.38. The number of carbonyl (C=O) groups excluding carboxylic acids is 1. The molecule has 0 atom stereocenters. The van der Waals surface area contributed by atoms with Gasteiger partial charge < -0.3 is 10.4 Å². The van der Waals surface area contributed by atoms with Gasteiger partial charge in [-0.25, -0.2) is 4.98 Å². The van der Waals surface area contributed by atoms with Gasteiger partial charge in [-0.1, -0.05) is 23.4 Å². The van der Waals surface area contributed by atoms with Crippen LogP contribution in [0.1, 0.15) is 15.2 Å². The van der Waals surface area contributed by atoms with Gasteiger partial charge in [-0.05, 0) is 23.6 Å². The molecule has 0 saturated heterocycles. The van der Waals surface area contributed by atoms with Crippen LogP contribution in [0.25, 0.3) is 0 Å². The number of halogens is 1. The minimum absolute atomic E-state index is 0.213. The quantitative estimate of drug-likeness (QED) is 0.836. The van der Waals surface area contributed by atoms with E-state index < -0.39 is 0 Å². The first-order valence-corrected chi connectivity index (χ1v) is 6.56. The number of rotatable bonds is 2. The average molecular weight is 293 g/mol. The van der Waals surface area contributed by atoms with E-state index in [-0.39, 0.29) is 12.5 Å². The number of hydrogen-bond acceptors (Lipinski definition) is 4. The van der Waals surface area contributed by atoms with Crippen LogP contribution in [0.5, 0.6) is 0 Å². The van der Waals surface area contributed by atoms with Crippen molar-refractivity contribution in [2.24, 2.45) is 0 Å². The Kier molecular flexibility index (Phi) is 4.53. The minimum atomic E-state index is -0.306. The second-order valence-electron chi connectivity index (χ2n) is 3.44. The summed E-state index contributed by atoms with van der Waals surface area (Å²) in [7, 11) is 0. The maximum absolute atomic E-state index is 11.9. The lowest BCUT2D eigenvalue weighted by atomic mass is 10.2. The number of aliphatic hydroxyl groups excluding tert-OH is 1. The molecule has 0 spiro atoms. The molecule has 4 nitrogen and oxygen atoms in total. The van der Waals surface area contributed by atoms with Crippen LogP contribution >= 0.6 is 22.9 Å². The lowest BCUT2D eigenvalue weighted by Gasteiger charge is -2.03. The largest absolute Gasteiger partial charge is 0.384 e. The molecular weight excluding hydrogens is 284 g/mol. The molecule has 0 aromatic carbocycles. The van der Waals surface area contributed by atoms with E-state index in [4.69, 9.17) is 16.7 Å². The summed E-state index contributed by atoms with van der Waals surface area (Å²) in [6, 6.07) is 4.98. The van der Waals surface area contributed by atoms with Crippen molar-refractivity contribution in [3.63, 3.8) is 0 Å². The van der Waals surface area contributed by atoms with Crippen LogP contribution < -0.4 is 5.32 Å². The SMILES string of the molecule is O=C(Nc1cc(C#CCO)ccn1)c1sccc1Cl. The number of thiophene rings is 1. The molecule has 0 aliphatic rings. The molecule has 2 heterocycles. The normalized spacial score (nSPS) is 9.58. The number of nitrogens with one attached hydrogen (secondary N) is 1. The summed E-state index contributed by atoms with van der Waals surface area (Å²) >= 11 is 7.14. The molecule has 6 heteroatoms. The topological polar surface area (TPSA) is 62.2 Å². The summed E-state index contributed by atoms with van der Waals surface area (Å²) in [6.45, 7) is -0.213. The molecular formula is C13H9ClN2O2S. The highest BCUT2D eigenvalue weighted by Crippen LogP contribution is 2.22. The van der Waals surface area contributed by atoms with E-state index in [9.17, 15) is 4.79 Å². The van der Waals surface area contributed by atoms with E-state index in [1.165, 1.54) is 17.5 Å². The van der Waals surface area contributed by atoms with E-state index in [0.29, 0.717) is 21.3 Å². The summed E-state index contributed by atoms with van der Waals surface area (Å²) in [5, 5.41) is 13.4. The Morgan fingerprint density at radius 3 is 3.05 bits per heavy atom. The molecule has 0 aliphatic carbocycles. The molecule has 0 bridgehead atoms. The van der Waals surface area contributed by atoms with Gasteiger partial charge in [0.05, 0.1) is 5.02 Å². The van der Waals surface area contributed by atoms with E-state index >= 15 is 0 Å². The molecule has 0 unspecified atom stereocenters. The smallest absolute Gasteiger partial charge is 0.268 e. The van der Waals surface area contributed by atoms with Crippen molar-refractivity contribution in [1.82, 2.24) is 4.98 Å². The van der Waals surface area contributed by atoms with Gasteiger partial charge >= 0.3 is 0 Å². The number of pyridine rings is 1. The summed E-state index contributed by atoms with van der Waals surface area (Å²) in [6.07, 6.45) is 1.53. The number of aromatic nitrogens is 1. The first kappa shape index (κ1) is 13.6. The predicted molar refractivity (Wildman–Crippen MR) is 75.5 cm³/mol. The van der Waals surface area contributed by atoms with Crippen molar-refractivity contribution < 1.29 is 9.90 Å². The van der Waals surface area contributed by atoms with Crippen molar-refractivity contribution in [2.45, 2.75) is 0 Å². The molecule has 0 saturated carbocycles. The van der Waals surface area contributed by atoms with Gasteiger partial charge in [0.25, 0.3) is 5.91 Å². The number of nitrogens with zero attached hydrogens (tertiary/aromatic N) is 1. The molecule has 2 N–H and O–H groups in total. The highest BCUT2D eigenvalue weighted by atomic mass is 35.5.